The lowest BCUT2D eigenvalue weighted by atomic mass is 9.98. The molecule has 0 aliphatic carbocycles. The molecule has 2 amide bonds. The van der Waals surface area contributed by atoms with Gasteiger partial charge in [-0.15, -0.1) is 0 Å². The number of amides is 2. The van der Waals surface area contributed by atoms with Crippen LogP contribution in [-0.4, -0.2) is 36.9 Å². The Kier molecular flexibility index (Phi) is 4.34. The highest BCUT2D eigenvalue weighted by atomic mass is 16.5. The minimum atomic E-state index is -0.452. The molecule has 2 heterocycles. The summed E-state index contributed by atoms with van der Waals surface area (Å²) in [6.45, 7) is 0.177. The fourth-order valence-corrected chi connectivity index (χ4v) is 4.32. The Balaban J connectivity index is 1.92. The van der Waals surface area contributed by atoms with Gasteiger partial charge >= 0.3 is 0 Å². The second-order valence-electron chi connectivity index (χ2n) is 7.24. The van der Waals surface area contributed by atoms with E-state index in [1.807, 2.05) is 22.8 Å². The molecule has 5 rings (SSSR count). The number of anilines is 1. The molecule has 0 saturated heterocycles. The predicted molar refractivity (Wildman–Crippen MR) is 116 cm³/mol. The molecule has 4 aromatic rings. The first-order valence-corrected chi connectivity index (χ1v) is 9.65. The molecule has 31 heavy (non-hydrogen) atoms. The van der Waals surface area contributed by atoms with Crippen molar-refractivity contribution in [1.29, 1.82) is 0 Å². The minimum Gasteiger partial charge on any atom is -0.497 e. The third-order valence-electron chi connectivity index (χ3n) is 5.61. The normalized spacial score (nSPS) is 13.3. The maximum Gasteiger partial charge on any atom is 0.266 e. The van der Waals surface area contributed by atoms with E-state index in [2.05, 4.69) is 0 Å². The third kappa shape index (κ3) is 2.60. The molecule has 0 unspecified atom stereocenters. The summed E-state index contributed by atoms with van der Waals surface area (Å²) in [4.78, 5) is 40.0. The maximum absolute atomic E-state index is 13.5. The second kappa shape index (κ2) is 7.07. The second-order valence-corrected chi connectivity index (χ2v) is 7.24. The number of ether oxygens (including phenoxy) is 2. The first-order valence-electron chi connectivity index (χ1n) is 9.65. The lowest BCUT2D eigenvalue weighted by molar-refractivity contribution is 0.0926. The first kappa shape index (κ1) is 19.0. The summed E-state index contributed by atoms with van der Waals surface area (Å²) < 4.78 is 12.6. The van der Waals surface area contributed by atoms with E-state index in [0.717, 1.165) is 10.4 Å². The van der Waals surface area contributed by atoms with Gasteiger partial charge in [0.05, 0.1) is 35.0 Å². The number of benzene rings is 3. The molecule has 1 aromatic heterocycles. The number of hydrogen-bond acceptors (Lipinski definition) is 5. The van der Waals surface area contributed by atoms with Crippen LogP contribution >= 0.6 is 0 Å². The highest BCUT2D eigenvalue weighted by molar-refractivity contribution is 6.40. The zero-order valence-corrected chi connectivity index (χ0v) is 16.9. The van der Waals surface area contributed by atoms with Crippen molar-refractivity contribution in [3.8, 4) is 5.75 Å². The molecule has 0 atom stereocenters. The van der Waals surface area contributed by atoms with Crippen LogP contribution in [0, 0.1) is 0 Å². The largest absolute Gasteiger partial charge is 0.497 e. The van der Waals surface area contributed by atoms with Gasteiger partial charge in [-0.05, 0) is 36.4 Å². The van der Waals surface area contributed by atoms with Crippen molar-refractivity contribution in [3.63, 3.8) is 0 Å². The van der Waals surface area contributed by atoms with Gasteiger partial charge in [-0.2, -0.15) is 0 Å². The minimum absolute atomic E-state index is 0.177. The van der Waals surface area contributed by atoms with Crippen LogP contribution in [0.25, 0.3) is 21.8 Å². The van der Waals surface area contributed by atoms with E-state index in [0.29, 0.717) is 39.6 Å². The Labute approximate surface area is 177 Å². The third-order valence-corrected chi connectivity index (χ3v) is 5.61. The summed E-state index contributed by atoms with van der Waals surface area (Å²) in [5.74, 6) is -0.273. The van der Waals surface area contributed by atoms with Crippen molar-refractivity contribution < 1.29 is 23.9 Å². The lowest BCUT2D eigenvalue weighted by Gasteiger charge is -2.13. The summed E-state index contributed by atoms with van der Waals surface area (Å²) in [6.07, 6.45) is 0.702. The van der Waals surface area contributed by atoms with Crippen molar-refractivity contribution in [2.45, 2.75) is 6.73 Å². The van der Waals surface area contributed by atoms with E-state index in [4.69, 9.17) is 9.47 Å². The molecule has 0 spiro atoms. The molecule has 3 aromatic carbocycles. The molecule has 1 aliphatic rings. The van der Waals surface area contributed by atoms with Gasteiger partial charge in [0.25, 0.3) is 11.8 Å². The van der Waals surface area contributed by atoms with Crippen molar-refractivity contribution >= 4 is 45.6 Å². The fraction of sp³-hybridized carbons (Fsp3) is 0.125. The van der Waals surface area contributed by atoms with Crippen molar-refractivity contribution in [2.24, 2.45) is 0 Å². The van der Waals surface area contributed by atoms with E-state index in [-0.39, 0.29) is 17.9 Å². The Morgan fingerprint density at radius 1 is 0.968 bits per heavy atom. The highest BCUT2D eigenvalue weighted by Crippen LogP contribution is 2.41. The summed E-state index contributed by atoms with van der Waals surface area (Å²) in [5, 5.41) is 1.25. The van der Waals surface area contributed by atoms with Gasteiger partial charge in [-0.3, -0.25) is 14.4 Å². The number of para-hydroxylation sites is 1. The van der Waals surface area contributed by atoms with Gasteiger partial charge in [0, 0.05) is 23.4 Å². The van der Waals surface area contributed by atoms with Crippen LogP contribution in [0.3, 0.4) is 0 Å². The molecule has 0 radical (unpaired) electrons. The van der Waals surface area contributed by atoms with Crippen LogP contribution in [0.2, 0.25) is 0 Å². The Bertz CT molecular complexity index is 1390. The predicted octanol–water partition coefficient (Wildman–Crippen LogP) is 4.02. The number of nitrogens with zero attached hydrogens (tertiary/aromatic N) is 2. The van der Waals surface area contributed by atoms with Crippen molar-refractivity contribution in [2.75, 3.05) is 19.1 Å². The van der Waals surface area contributed by atoms with Gasteiger partial charge in [0.15, 0.2) is 6.29 Å². The maximum atomic E-state index is 13.5. The number of aldehydes is 1. The number of carbonyl (C=O) groups excluding carboxylic acids is 3. The van der Waals surface area contributed by atoms with Gasteiger partial charge in [-0.25, -0.2) is 4.90 Å². The van der Waals surface area contributed by atoms with Gasteiger partial charge in [-0.1, -0.05) is 18.2 Å². The van der Waals surface area contributed by atoms with Crippen LogP contribution in [0.15, 0.2) is 54.6 Å². The lowest BCUT2D eigenvalue weighted by Crippen LogP contribution is -2.29. The SMILES string of the molecule is COCn1c2ccc(OC)cc2c2c3c(cc(C=O)c21)C(=O)N(c1ccccc1)C3=O. The molecule has 0 saturated carbocycles. The van der Waals surface area contributed by atoms with Gasteiger partial charge in [0.2, 0.25) is 0 Å². The Morgan fingerprint density at radius 2 is 1.74 bits per heavy atom. The van der Waals surface area contributed by atoms with Gasteiger partial charge in [0.1, 0.15) is 12.5 Å². The fourth-order valence-electron chi connectivity index (χ4n) is 4.32. The number of aromatic nitrogens is 1. The van der Waals surface area contributed by atoms with Crippen molar-refractivity contribution in [3.05, 3.63) is 71.3 Å². The van der Waals surface area contributed by atoms with Crippen molar-refractivity contribution in [1.82, 2.24) is 4.57 Å². The monoisotopic (exact) mass is 414 g/mol. The summed E-state index contributed by atoms with van der Waals surface area (Å²) in [6, 6.07) is 15.7. The molecule has 1 aliphatic heterocycles. The number of fused-ring (bicyclic) bond motifs is 5. The number of carbonyl (C=O) groups is 3. The number of imide groups is 1. The molecular weight excluding hydrogens is 396 g/mol. The summed E-state index contributed by atoms with van der Waals surface area (Å²) in [7, 11) is 3.11. The van der Waals surface area contributed by atoms with Crippen LogP contribution in [-0.2, 0) is 11.5 Å². The molecule has 0 fully saturated rings. The van der Waals surface area contributed by atoms with Crippen LogP contribution in [0.1, 0.15) is 31.1 Å². The zero-order chi connectivity index (χ0) is 21.7. The summed E-state index contributed by atoms with van der Waals surface area (Å²) >= 11 is 0. The topological polar surface area (TPSA) is 77.8 Å². The van der Waals surface area contributed by atoms with E-state index < -0.39 is 11.8 Å². The quantitative estimate of drug-likeness (QED) is 0.364. The van der Waals surface area contributed by atoms with E-state index in [9.17, 15) is 14.4 Å². The smallest absolute Gasteiger partial charge is 0.266 e. The summed E-state index contributed by atoms with van der Waals surface area (Å²) in [5.41, 5.74) is 2.61. The number of hydrogen-bond donors (Lipinski definition) is 0. The molecule has 7 heteroatoms. The van der Waals surface area contributed by atoms with Gasteiger partial charge < -0.3 is 14.0 Å². The standard InChI is InChI=1S/C24H18N2O5/c1-30-13-25-19-9-8-16(31-2)11-17(19)20-21-18(10-14(12-27)22(20)25)23(28)26(24(21)29)15-6-4-3-5-7-15/h3-12H,13H2,1-2H3. The van der Waals surface area contributed by atoms with Crippen LogP contribution in [0.5, 0.6) is 5.75 Å². The molecule has 0 bridgehead atoms. The Morgan fingerprint density at radius 3 is 2.42 bits per heavy atom. The van der Waals surface area contributed by atoms with Crippen LogP contribution in [0.4, 0.5) is 5.69 Å². The highest BCUT2D eigenvalue weighted by Gasteiger charge is 2.40. The average Bonchev–Trinajstić information content (AvgIpc) is 3.25. The number of rotatable bonds is 5. The van der Waals surface area contributed by atoms with E-state index >= 15 is 0 Å². The Hall–Kier alpha value is -3.97. The van der Waals surface area contributed by atoms with E-state index in [1.165, 1.54) is 6.07 Å². The average molecular weight is 414 g/mol. The first-order chi connectivity index (χ1) is 15.1. The molecule has 0 N–H and O–H groups in total. The zero-order valence-electron chi connectivity index (χ0n) is 16.9. The van der Waals surface area contributed by atoms with Crippen LogP contribution < -0.4 is 9.64 Å². The molecule has 7 nitrogen and oxygen atoms in total. The molecular formula is C24H18N2O5. The number of methoxy groups -OCH3 is 2. The molecule has 154 valence electrons. The van der Waals surface area contributed by atoms with E-state index in [1.54, 1.807) is 44.6 Å².